The second-order valence-corrected chi connectivity index (χ2v) is 6.42. The van der Waals surface area contributed by atoms with E-state index in [9.17, 15) is 4.79 Å². The third-order valence-corrected chi connectivity index (χ3v) is 4.63. The molecule has 0 spiro atoms. The quantitative estimate of drug-likeness (QED) is 0.857. The number of ether oxygens (including phenoxy) is 2. The van der Waals surface area contributed by atoms with Crippen molar-refractivity contribution in [1.29, 1.82) is 0 Å². The van der Waals surface area contributed by atoms with Gasteiger partial charge in [0.25, 0.3) is 5.91 Å². The van der Waals surface area contributed by atoms with Crippen LogP contribution in [0.4, 0.5) is 5.82 Å². The third-order valence-electron chi connectivity index (χ3n) is 4.63. The second-order valence-electron chi connectivity index (χ2n) is 6.42. The number of hydrogen-bond donors (Lipinski definition) is 0. The van der Waals surface area contributed by atoms with E-state index in [0.29, 0.717) is 12.1 Å². The monoisotopic (exact) mass is 339 g/mol. The van der Waals surface area contributed by atoms with Gasteiger partial charge >= 0.3 is 0 Å². The Kier molecular flexibility index (Phi) is 4.17. The van der Waals surface area contributed by atoms with Gasteiger partial charge in [-0.25, -0.2) is 4.98 Å². The molecule has 1 amide bonds. The zero-order chi connectivity index (χ0) is 17.2. The number of rotatable bonds is 4. The first-order valence-corrected chi connectivity index (χ1v) is 8.56. The lowest BCUT2D eigenvalue weighted by atomic mass is 10.1. The van der Waals surface area contributed by atoms with Crippen LogP contribution in [0.25, 0.3) is 0 Å². The smallest absolute Gasteiger partial charge is 0.257 e. The number of hydrogen-bond acceptors (Lipinski definition) is 5. The Morgan fingerprint density at radius 3 is 2.84 bits per heavy atom. The Morgan fingerprint density at radius 2 is 2.00 bits per heavy atom. The molecule has 0 aliphatic carbocycles. The van der Waals surface area contributed by atoms with Crippen molar-refractivity contribution in [1.82, 2.24) is 9.88 Å². The van der Waals surface area contributed by atoms with Crippen LogP contribution in [0.2, 0.25) is 0 Å². The fourth-order valence-electron chi connectivity index (χ4n) is 3.34. The molecule has 2 aromatic rings. The van der Waals surface area contributed by atoms with E-state index in [1.165, 1.54) is 0 Å². The van der Waals surface area contributed by atoms with Crippen LogP contribution in [0, 0.1) is 0 Å². The number of amides is 1. The van der Waals surface area contributed by atoms with Crippen LogP contribution in [0.1, 0.15) is 28.8 Å². The maximum atomic E-state index is 13.0. The van der Waals surface area contributed by atoms with Gasteiger partial charge in [-0.2, -0.15) is 0 Å². The lowest BCUT2D eigenvalue weighted by molar-refractivity contribution is 0.0785. The fraction of sp³-hybridized carbons (Fsp3) is 0.368. The molecule has 1 saturated heterocycles. The van der Waals surface area contributed by atoms with Crippen molar-refractivity contribution >= 4 is 11.7 Å². The fourth-order valence-corrected chi connectivity index (χ4v) is 3.34. The van der Waals surface area contributed by atoms with Crippen molar-refractivity contribution in [2.45, 2.75) is 19.4 Å². The van der Waals surface area contributed by atoms with Crippen LogP contribution in [-0.2, 0) is 6.54 Å². The van der Waals surface area contributed by atoms with Gasteiger partial charge in [-0.05, 0) is 42.7 Å². The Hall–Kier alpha value is -2.76. The number of fused-ring (bicyclic) bond motifs is 1. The number of carbonyl (C=O) groups is 1. The molecule has 0 bridgehead atoms. The van der Waals surface area contributed by atoms with Crippen LogP contribution >= 0.6 is 0 Å². The summed E-state index contributed by atoms with van der Waals surface area (Å²) in [5, 5.41) is 0. The average Bonchev–Trinajstić information content (AvgIpc) is 3.32. The molecule has 1 fully saturated rings. The highest BCUT2D eigenvalue weighted by Crippen LogP contribution is 2.33. The van der Waals surface area contributed by atoms with E-state index in [0.717, 1.165) is 48.8 Å². The molecular formula is C19H21N3O3. The summed E-state index contributed by atoms with van der Waals surface area (Å²) in [7, 11) is 1.81. The molecule has 2 aliphatic rings. The first kappa shape index (κ1) is 15.7. The molecule has 4 rings (SSSR count). The van der Waals surface area contributed by atoms with Crippen LogP contribution in [0.5, 0.6) is 11.5 Å². The molecule has 3 heterocycles. The molecule has 6 heteroatoms. The molecule has 1 aromatic heterocycles. The minimum absolute atomic E-state index is 0.0207. The molecule has 2 aliphatic heterocycles. The lowest BCUT2D eigenvalue weighted by Crippen LogP contribution is -2.29. The van der Waals surface area contributed by atoms with E-state index in [1.54, 1.807) is 11.1 Å². The highest BCUT2D eigenvalue weighted by molar-refractivity contribution is 5.98. The number of nitrogens with zero attached hydrogens (tertiary/aromatic N) is 3. The van der Waals surface area contributed by atoms with Gasteiger partial charge in [-0.1, -0.05) is 6.07 Å². The Bertz CT molecular complexity index is 787. The van der Waals surface area contributed by atoms with Crippen molar-refractivity contribution in [3.05, 3.63) is 47.7 Å². The minimum Gasteiger partial charge on any atom is -0.454 e. The molecule has 0 radical (unpaired) electrons. The second kappa shape index (κ2) is 6.63. The normalized spacial score (nSPS) is 15.5. The van der Waals surface area contributed by atoms with Gasteiger partial charge < -0.3 is 19.3 Å². The van der Waals surface area contributed by atoms with Crippen molar-refractivity contribution in [2.75, 3.05) is 31.8 Å². The van der Waals surface area contributed by atoms with Crippen molar-refractivity contribution in [2.24, 2.45) is 0 Å². The molecule has 0 N–H and O–H groups in total. The summed E-state index contributed by atoms with van der Waals surface area (Å²) in [5.74, 6) is 2.26. The summed E-state index contributed by atoms with van der Waals surface area (Å²) in [6, 6.07) is 9.45. The van der Waals surface area contributed by atoms with Gasteiger partial charge in [0.15, 0.2) is 11.5 Å². The topological polar surface area (TPSA) is 54.9 Å². The molecule has 1 aromatic carbocycles. The summed E-state index contributed by atoms with van der Waals surface area (Å²) in [5.41, 5.74) is 1.67. The van der Waals surface area contributed by atoms with Gasteiger partial charge in [0.05, 0.1) is 5.56 Å². The van der Waals surface area contributed by atoms with E-state index in [4.69, 9.17) is 9.47 Å². The first-order valence-electron chi connectivity index (χ1n) is 8.56. The summed E-state index contributed by atoms with van der Waals surface area (Å²) < 4.78 is 10.7. The van der Waals surface area contributed by atoms with E-state index in [-0.39, 0.29) is 12.7 Å². The first-order chi connectivity index (χ1) is 12.2. The van der Waals surface area contributed by atoms with E-state index >= 15 is 0 Å². The third kappa shape index (κ3) is 3.12. The van der Waals surface area contributed by atoms with Gasteiger partial charge in [0.2, 0.25) is 6.79 Å². The number of aromatic nitrogens is 1. The maximum Gasteiger partial charge on any atom is 0.257 e. The highest BCUT2D eigenvalue weighted by Gasteiger charge is 2.23. The number of pyridine rings is 1. The van der Waals surface area contributed by atoms with Crippen LogP contribution in [0.3, 0.4) is 0 Å². The van der Waals surface area contributed by atoms with Gasteiger partial charge in [0.1, 0.15) is 5.82 Å². The molecular weight excluding hydrogens is 318 g/mol. The van der Waals surface area contributed by atoms with E-state index in [1.807, 2.05) is 37.4 Å². The zero-order valence-electron chi connectivity index (χ0n) is 14.3. The Morgan fingerprint density at radius 1 is 1.20 bits per heavy atom. The highest BCUT2D eigenvalue weighted by atomic mass is 16.7. The molecule has 6 nitrogen and oxygen atoms in total. The minimum atomic E-state index is -0.0207. The maximum absolute atomic E-state index is 13.0. The number of carbonyl (C=O) groups excluding carboxylic acids is 1. The van der Waals surface area contributed by atoms with Crippen LogP contribution < -0.4 is 14.4 Å². The summed E-state index contributed by atoms with van der Waals surface area (Å²) in [6.07, 6.45) is 4.05. The van der Waals surface area contributed by atoms with Crippen molar-refractivity contribution in [3.63, 3.8) is 0 Å². The number of benzene rings is 1. The van der Waals surface area contributed by atoms with Crippen molar-refractivity contribution in [3.8, 4) is 11.5 Å². The summed E-state index contributed by atoms with van der Waals surface area (Å²) >= 11 is 0. The average molecular weight is 339 g/mol. The molecule has 0 saturated carbocycles. The summed E-state index contributed by atoms with van der Waals surface area (Å²) in [6.45, 7) is 2.68. The van der Waals surface area contributed by atoms with E-state index in [2.05, 4.69) is 9.88 Å². The number of anilines is 1. The Labute approximate surface area is 147 Å². The SMILES string of the molecule is CN(Cc1ccc2c(c1)OCO2)C(=O)c1cccnc1N1CCCC1. The van der Waals surface area contributed by atoms with E-state index < -0.39 is 0 Å². The largest absolute Gasteiger partial charge is 0.454 e. The predicted octanol–water partition coefficient (Wildman–Crippen LogP) is 2.68. The standard InChI is InChI=1S/C19H21N3O3/c1-21(12-14-6-7-16-17(11-14)25-13-24-16)19(23)15-5-4-8-20-18(15)22-9-2-3-10-22/h4-8,11H,2-3,9-10,12-13H2,1H3. The molecule has 0 atom stereocenters. The molecule has 130 valence electrons. The van der Waals surface area contributed by atoms with Crippen LogP contribution in [-0.4, -0.2) is 42.7 Å². The van der Waals surface area contributed by atoms with Gasteiger partial charge in [0, 0.05) is 32.9 Å². The van der Waals surface area contributed by atoms with Crippen LogP contribution in [0.15, 0.2) is 36.5 Å². The zero-order valence-corrected chi connectivity index (χ0v) is 14.3. The van der Waals surface area contributed by atoms with Gasteiger partial charge in [-0.3, -0.25) is 4.79 Å². The summed E-state index contributed by atoms with van der Waals surface area (Å²) in [4.78, 5) is 21.3. The predicted molar refractivity (Wildman–Crippen MR) is 94.0 cm³/mol. The molecule has 25 heavy (non-hydrogen) atoms. The Balaban J connectivity index is 1.52. The molecule has 0 unspecified atom stereocenters. The lowest BCUT2D eigenvalue weighted by Gasteiger charge is -2.23. The van der Waals surface area contributed by atoms with Gasteiger partial charge in [-0.15, -0.1) is 0 Å². The van der Waals surface area contributed by atoms with Crippen molar-refractivity contribution < 1.29 is 14.3 Å².